The first-order valence-corrected chi connectivity index (χ1v) is 13.1. The Kier molecular flexibility index (Phi) is 6.43. The van der Waals surface area contributed by atoms with Crippen LogP contribution in [-0.2, 0) is 0 Å². The number of pyridine rings is 1. The molecular formula is C31H29FN6O2. The summed E-state index contributed by atoms with van der Waals surface area (Å²) in [6.45, 7) is 5.84. The molecular weight excluding hydrogens is 507 g/mol. The molecule has 2 aromatic heterocycles. The van der Waals surface area contributed by atoms with Crippen LogP contribution in [0.3, 0.4) is 0 Å². The van der Waals surface area contributed by atoms with Crippen molar-refractivity contribution in [1.82, 2.24) is 14.9 Å². The van der Waals surface area contributed by atoms with Crippen molar-refractivity contribution in [2.24, 2.45) is 5.73 Å². The molecule has 0 radical (unpaired) electrons. The smallest absolute Gasteiger partial charge is 0.274 e. The van der Waals surface area contributed by atoms with Crippen LogP contribution in [-0.4, -0.2) is 59.9 Å². The lowest BCUT2D eigenvalue weighted by Gasteiger charge is -2.34. The Hall–Kier alpha value is -4.76. The van der Waals surface area contributed by atoms with E-state index < -0.39 is 17.6 Å². The van der Waals surface area contributed by atoms with Crippen LogP contribution in [0.1, 0.15) is 26.4 Å². The quantitative estimate of drug-likeness (QED) is 0.295. The van der Waals surface area contributed by atoms with E-state index in [1.54, 1.807) is 6.07 Å². The minimum Gasteiger partial charge on any atom is -0.369 e. The number of hydrogen-bond acceptors (Lipinski definition) is 5. The van der Waals surface area contributed by atoms with E-state index in [-0.39, 0.29) is 5.69 Å². The Morgan fingerprint density at radius 3 is 2.52 bits per heavy atom. The molecule has 1 aliphatic rings. The number of fused-ring (bicyclic) bond motifs is 3. The topological polar surface area (TPSA) is 107 Å². The number of benzene rings is 3. The Morgan fingerprint density at radius 1 is 1.00 bits per heavy atom. The Bertz CT molecular complexity index is 1770. The van der Waals surface area contributed by atoms with Crippen molar-refractivity contribution in [2.75, 3.05) is 43.4 Å². The van der Waals surface area contributed by atoms with Crippen LogP contribution in [0.5, 0.6) is 0 Å². The molecule has 0 unspecified atom stereocenters. The summed E-state index contributed by atoms with van der Waals surface area (Å²) < 4.78 is 13.3. The van der Waals surface area contributed by atoms with Crippen molar-refractivity contribution in [1.29, 1.82) is 0 Å². The number of hydrogen-bond donors (Lipinski definition) is 3. The maximum absolute atomic E-state index is 13.3. The van der Waals surface area contributed by atoms with Gasteiger partial charge in [0.1, 0.15) is 11.5 Å². The number of likely N-dealkylation sites (N-methyl/N-ethyl adjacent to an activating group) is 1. The van der Waals surface area contributed by atoms with Crippen molar-refractivity contribution in [3.8, 4) is 11.1 Å². The Balaban J connectivity index is 1.45. The third kappa shape index (κ3) is 4.54. The average molecular weight is 537 g/mol. The second kappa shape index (κ2) is 10.1. The predicted octanol–water partition coefficient (Wildman–Crippen LogP) is 4.93. The van der Waals surface area contributed by atoms with Gasteiger partial charge in [0, 0.05) is 53.8 Å². The summed E-state index contributed by atoms with van der Waals surface area (Å²) in [5.41, 5.74) is 12.3. The normalized spacial score (nSPS) is 14.1. The van der Waals surface area contributed by atoms with E-state index in [1.165, 1.54) is 12.1 Å². The predicted molar refractivity (Wildman–Crippen MR) is 156 cm³/mol. The van der Waals surface area contributed by atoms with Crippen molar-refractivity contribution in [2.45, 2.75) is 6.92 Å². The molecule has 1 aliphatic heterocycles. The number of nitrogens with zero attached hydrogens (tertiary/aromatic N) is 3. The lowest BCUT2D eigenvalue weighted by Crippen LogP contribution is -2.44. The van der Waals surface area contributed by atoms with Gasteiger partial charge in [-0.3, -0.25) is 9.59 Å². The fourth-order valence-corrected chi connectivity index (χ4v) is 5.45. The van der Waals surface area contributed by atoms with E-state index in [0.29, 0.717) is 16.8 Å². The molecule has 0 bridgehead atoms. The first-order chi connectivity index (χ1) is 19.3. The molecule has 1 fully saturated rings. The van der Waals surface area contributed by atoms with Gasteiger partial charge in [-0.25, -0.2) is 9.37 Å². The van der Waals surface area contributed by atoms with E-state index >= 15 is 0 Å². The van der Waals surface area contributed by atoms with Crippen molar-refractivity contribution in [3.63, 3.8) is 0 Å². The number of rotatable bonds is 5. The zero-order valence-corrected chi connectivity index (χ0v) is 22.3. The molecule has 6 rings (SSSR count). The minimum atomic E-state index is -0.507. The number of piperazine rings is 1. The van der Waals surface area contributed by atoms with Crippen LogP contribution in [0.2, 0.25) is 0 Å². The Labute approximate surface area is 230 Å². The van der Waals surface area contributed by atoms with E-state index in [1.807, 2.05) is 31.2 Å². The van der Waals surface area contributed by atoms with Crippen molar-refractivity contribution < 1.29 is 14.0 Å². The van der Waals surface area contributed by atoms with E-state index in [0.717, 1.165) is 71.0 Å². The van der Waals surface area contributed by atoms with Gasteiger partial charge in [-0.05, 0) is 67.1 Å². The molecule has 4 N–H and O–H groups in total. The number of nitrogens with one attached hydrogen (secondary N) is 2. The number of carbonyl (C=O) groups is 2. The summed E-state index contributed by atoms with van der Waals surface area (Å²) in [4.78, 5) is 37.2. The molecule has 1 saturated heterocycles. The lowest BCUT2D eigenvalue weighted by atomic mass is 9.93. The van der Waals surface area contributed by atoms with Crippen LogP contribution >= 0.6 is 0 Å². The molecule has 0 atom stereocenters. The summed E-state index contributed by atoms with van der Waals surface area (Å²) in [6.07, 6.45) is 1.02. The molecule has 0 aliphatic carbocycles. The first kappa shape index (κ1) is 25.5. The monoisotopic (exact) mass is 536 g/mol. The van der Waals surface area contributed by atoms with Gasteiger partial charge in [-0.1, -0.05) is 24.3 Å². The number of aromatic amines is 1. The van der Waals surface area contributed by atoms with Crippen molar-refractivity contribution in [3.05, 3.63) is 89.5 Å². The van der Waals surface area contributed by atoms with Crippen LogP contribution in [0.25, 0.3) is 32.9 Å². The van der Waals surface area contributed by atoms with Gasteiger partial charge >= 0.3 is 0 Å². The molecule has 2 amide bonds. The molecule has 0 saturated carbocycles. The highest BCUT2D eigenvalue weighted by Gasteiger charge is 2.21. The zero-order chi connectivity index (χ0) is 28.0. The van der Waals surface area contributed by atoms with Gasteiger partial charge in [-0.2, -0.15) is 0 Å². The van der Waals surface area contributed by atoms with Gasteiger partial charge in [-0.15, -0.1) is 0 Å². The molecule has 5 aromatic rings. The highest BCUT2D eigenvalue weighted by atomic mass is 19.1. The third-order valence-electron chi connectivity index (χ3n) is 7.70. The number of primary amides is 1. The first-order valence-electron chi connectivity index (χ1n) is 13.1. The number of carbonyl (C=O) groups excluding carboxylic acids is 2. The fraction of sp³-hybridized carbons (Fsp3) is 0.194. The second-order valence-corrected chi connectivity index (χ2v) is 10.2. The number of anilines is 2. The van der Waals surface area contributed by atoms with E-state index in [2.05, 4.69) is 50.3 Å². The summed E-state index contributed by atoms with van der Waals surface area (Å²) in [7, 11) is 2.13. The molecule has 9 heteroatoms. The lowest BCUT2D eigenvalue weighted by molar-refractivity contribution is 0.0998. The van der Waals surface area contributed by atoms with Crippen LogP contribution in [0.15, 0.2) is 66.9 Å². The number of amides is 2. The average Bonchev–Trinajstić information content (AvgIpc) is 3.33. The molecule has 3 heterocycles. The Morgan fingerprint density at radius 2 is 1.80 bits per heavy atom. The van der Waals surface area contributed by atoms with E-state index in [9.17, 15) is 14.0 Å². The highest BCUT2D eigenvalue weighted by molar-refractivity contribution is 6.20. The minimum absolute atomic E-state index is 0.118. The van der Waals surface area contributed by atoms with E-state index in [4.69, 9.17) is 5.73 Å². The van der Waals surface area contributed by atoms with Gasteiger partial charge < -0.3 is 25.8 Å². The van der Waals surface area contributed by atoms with Gasteiger partial charge in [0.25, 0.3) is 11.8 Å². The third-order valence-corrected chi connectivity index (χ3v) is 7.70. The molecule has 3 aromatic carbocycles. The maximum atomic E-state index is 13.3. The number of H-pyrrole nitrogens is 1. The summed E-state index contributed by atoms with van der Waals surface area (Å²) in [5, 5.41) is 4.77. The number of aromatic nitrogens is 2. The van der Waals surface area contributed by atoms with Gasteiger partial charge in [0.05, 0.1) is 17.3 Å². The highest BCUT2D eigenvalue weighted by Crippen LogP contribution is 2.40. The summed E-state index contributed by atoms with van der Waals surface area (Å²) in [5.74, 6) is -1.45. The van der Waals surface area contributed by atoms with Crippen molar-refractivity contribution >= 4 is 45.0 Å². The molecule has 40 heavy (non-hydrogen) atoms. The van der Waals surface area contributed by atoms with Crippen LogP contribution in [0.4, 0.5) is 15.8 Å². The van der Waals surface area contributed by atoms with Crippen LogP contribution < -0.4 is 16.0 Å². The van der Waals surface area contributed by atoms with Gasteiger partial charge in [0.15, 0.2) is 0 Å². The fourth-order valence-electron chi connectivity index (χ4n) is 5.45. The molecule has 0 spiro atoms. The molecule has 202 valence electrons. The van der Waals surface area contributed by atoms with Gasteiger partial charge in [0.2, 0.25) is 0 Å². The summed E-state index contributed by atoms with van der Waals surface area (Å²) in [6, 6.07) is 18.2. The largest absolute Gasteiger partial charge is 0.369 e. The standard InChI is InChI=1S/C31H29FN6O2/c1-18-21(4-3-5-25(18)36-31(40)26-11-6-19(32)17-34-26)22-9-10-24(30(33)39)29-28(22)23-8-7-20(16-27(23)35-29)38-14-12-37(2)13-15-38/h3-11,16-17,35H,12-15H2,1-2H3,(H2,33,39)(H,36,40). The van der Waals surface area contributed by atoms with Crippen LogP contribution in [0, 0.1) is 12.7 Å². The summed E-state index contributed by atoms with van der Waals surface area (Å²) >= 11 is 0. The number of halogens is 1. The maximum Gasteiger partial charge on any atom is 0.274 e. The SMILES string of the molecule is Cc1c(NC(=O)c2ccc(F)cn2)cccc1-c1ccc(C(N)=O)c2[nH]c3cc(N4CCN(C)CC4)ccc3c12. The zero-order valence-electron chi connectivity index (χ0n) is 22.3. The second-order valence-electron chi connectivity index (χ2n) is 10.2. The molecule has 8 nitrogen and oxygen atoms in total. The number of nitrogens with two attached hydrogens (primary N) is 1.